The molecule has 1 aromatic carbocycles. The minimum absolute atomic E-state index is 0. The van der Waals surface area contributed by atoms with E-state index in [0.29, 0.717) is 0 Å². The van der Waals surface area contributed by atoms with Crippen LogP contribution in [0, 0.1) is 12.8 Å². The number of benzene rings is 1. The number of nitrogens with one attached hydrogen (secondary N) is 1. The smallest absolute Gasteiger partial charge is 0.00175 e. The highest BCUT2D eigenvalue weighted by Gasteiger charge is 2.37. The number of hydrogen-bond acceptors (Lipinski definition) is 1. The molecule has 0 spiro atoms. The first-order valence-corrected chi connectivity index (χ1v) is 5.02. The minimum atomic E-state index is 0. The van der Waals surface area contributed by atoms with Crippen molar-refractivity contribution in [3.8, 4) is 0 Å². The summed E-state index contributed by atoms with van der Waals surface area (Å²) < 4.78 is 0. The average molecular weight is 212 g/mol. The van der Waals surface area contributed by atoms with Crippen molar-refractivity contribution < 1.29 is 0 Å². The van der Waals surface area contributed by atoms with Crippen molar-refractivity contribution >= 4 is 12.4 Å². The van der Waals surface area contributed by atoms with Gasteiger partial charge in [0.2, 0.25) is 0 Å². The van der Waals surface area contributed by atoms with Gasteiger partial charge in [-0.3, -0.25) is 0 Å². The lowest BCUT2D eigenvalue weighted by Crippen LogP contribution is -2.10. The lowest BCUT2D eigenvalue weighted by atomic mass is 10.1. The minimum Gasteiger partial charge on any atom is -0.319 e. The molecule has 0 heterocycles. The molecule has 0 aromatic heterocycles. The first-order chi connectivity index (χ1) is 6.31. The van der Waals surface area contributed by atoms with E-state index >= 15 is 0 Å². The Labute approximate surface area is 92.3 Å². The first-order valence-electron chi connectivity index (χ1n) is 5.02. The van der Waals surface area contributed by atoms with Crippen molar-refractivity contribution in [3.63, 3.8) is 0 Å². The summed E-state index contributed by atoms with van der Waals surface area (Å²) in [6, 6.07) is 8.97. The molecule has 78 valence electrons. The van der Waals surface area contributed by atoms with Crippen LogP contribution in [0.5, 0.6) is 0 Å². The van der Waals surface area contributed by atoms with E-state index < -0.39 is 0 Å². The third-order valence-electron chi connectivity index (χ3n) is 2.89. The van der Waals surface area contributed by atoms with Crippen molar-refractivity contribution in [3.05, 3.63) is 35.4 Å². The van der Waals surface area contributed by atoms with Crippen LogP contribution in [0.25, 0.3) is 0 Å². The molecule has 1 saturated carbocycles. The molecule has 14 heavy (non-hydrogen) atoms. The highest BCUT2D eigenvalue weighted by Crippen LogP contribution is 2.46. The quantitative estimate of drug-likeness (QED) is 0.811. The van der Waals surface area contributed by atoms with Crippen LogP contribution in [0.1, 0.15) is 23.5 Å². The zero-order valence-electron chi connectivity index (χ0n) is 8.79. The van der Waals surface area contributed by atoms with E-state index in [1.54, 1.807) is 0 Å². The molecule has 0 aliphatic heterocycles. The van der Waals surface area contributed by atoms with Gasteiger partial charge in [-0.05, 0) is 44.3 Å². The molecule has 1 nitrogen and oxygen atoms in total. The van der Waals surface area contributed by atoms with Crippen LogP contribution in [0.3, 0.4) is 0 Å². The second kappa shape index (κ2) is 4.81. The van der Waals surface area contributed by atoms with Crippen molar-refractivity contribution in [1.29, 1.82) is 0 Å². The molecule has 0 bridgehead atoms. The SMILES string of the molecule is CNCC1CC1c1ccc(C)cc1.Cl. The summed E-state index contributed by atoms with van der Waals surface area (Å²) in [6.07, 6.45) is 1.36. The molecule has 2 rings (SSSR count). The van der Waals surface area contributed by atoms with Gasteiger partial charge < -0.3 is 5.32 Å². The van der Waals surface area contributed by atoms with E-state index in [-0.39, 0.29) is 12.4 Å². The maximum Gasteiger partial charge on any atom is -0.00175 e. The van der Waals surface area contributed by atoms with Crippen LogP contribution in [0.4, 0.5) is 0 Å². The first kappa shape index (κ1) is 11.5. The molecule has 1 fully saturated rings. The van der Waals surface area contributed by atoms with Crippen LogP contribution < -0.4 is 5.32 Å². The molecule has 1 aliphatic rings. The van der Waals surface area contributed by atoms with Crippen LogP contribution in [0.15, 0.2) is 24.3 Å². The normalized spacial score (nSPS) is 24.1. The number of rotatable bonds is 3. The molecule has 2 unspecified atom stereocenters. The zero-order chi connectivity index (χ0) is 9.26. The van der Waals surface area contributed by atoms with Gasteiger partial charge in [0.25, 0.3) is 0 Å². The molecule has 0 amide bonds. The summed E-state index contributed by atoms with van der Waals surface area (Å²) in [4.78, 5) is 0. The van der Waals surface area contributed by atoms with Gasteiger partial charge in [0.1, 0.15) is 0 Å². The Morgan fingerprint density at radius 2 is 1.93 bits per heavy atom. The fourth-order valence-corrected chi connectivity index (χ4v) is 1.96. The van der Waals surface area contributed by atoms with E-state index in [9.17, 15) is 0 Å². The number of hydrogen-bond donors (Lipinski definition) is 1. The van der Waals surface area contributed by atoms with Gasteiger partial charge in [-0.15, -0.1) is 12.4 Å². The van der Waals surface area contributed by atoms with Crippen molar-refractivity contribution in [2.45, 2.75) is 19.3 Å². The second-order valence-electron chi connectivity index (χ2n) is 4.07. The molecule has 2 atom stereocenters. The summed E-state index contributed by atoms with van der Waals surface area (Å²) in [7, 11) is 2.03. The van der Waals surface area contributed by atoms with Crippen molar-refractivity contribution in [1.82, 2.24) is 5.32 Å². The summed E-state index contributed by atoms with van der Waals surface area (Å²) in [5.41, 5.74) is 2.88. The lowest BCUT2D eigenvalue weighted by Gasteiger charge is -2.00. The second-order valence-corrected chi connectivity index (χ2v) is 4.07. The predicted octanol–water partition coefficient (Wildman–Crippen LogP) is 2.74. The summed E-state index contributed by atoms with van der Waals surface area (Å²) in [6.45, 7) is 3.31. The van der Waals surface area contributed by atoms with Gasteiger partial charge in [-0.1, -0.05) is 29.8 Å². The Kier molecular flexibility index (Phi) is 3.97. The van der Waals surface area contributed by atoms with Gasteiger partial charge in [-0.25, -0.2) is 0 Å². The third-order valence-corrected chi connectivity index (χ3v) is 2.89. The molecule has 2 heteroatoms. The molecule has 0 saturated heterocycles. The van der Waals surface area contributed by atoms with E-state index in [0.717, 1.165) is 11.8 Å². The van der Waals surface area contributed by atoms with Crippen molar-refractivity contribution in [2.75, 3.05) is 13.6 Å². The van der Waals surface area contributed by atoms with E-state index in [2.05, 4.69) is 36.5 Å². The Bertz CT molecular complexity index is 281. The molecule has 1 aliphatic carbocycles. The largest absolute Gasteiger partial charge is 0.319 e. The monoisotopic (exact) mass is 211 g/mol. The van der Waals surface area contributed by atoms with Crippen LogP contribution in [-0.2, 0) is 0 Å². The highest BCUT2D eigenvalue weighted by atomic mass is 35.5. The van der Waals surface area contributed by atoms with E-state index in [1.165, 1.54) is 24.1 Å². The van der Waals surface area contributed by atoms with Crippen LogP contribution in [-0.4, -0.2) is 13.6 Å². The van der Waals surface area contributed by atoms with Crippen molar-refractivity contribution in [2.24, 2.45) is 5.92 Å². The van der Waals surface area contributed by atoms with Gasteiger partial charge >= 0.3 is 0 Å². The van der Waals surface area contributed by atoms with E-state index in [4.69, 9.17) is 0 Å². The molecular formula is C12H18ClN. The Hall–Kier alpha value is -0.530. The highest BCUT2D eigenvalue weighted by molar-refractivity contribution is 5.85. The van der Waals surface area contributed by atoms with Gasteiger partial charge in [0.05, 0.1) is 0 Å². The lowest BCUT2D eigenvalue weighted by molar-refractivity contribution is 0.698. The summed E-state index contributed by atoms with van der Waals surface area (Å²) in [5.74, 6) is 1.71. The van der Waals surface area contributed by atoms with E-state index in [1.807, 2.05) is 7.05 Å². The van der Waals surface area contributed by atoms with Crippen LogP contribution >= 0.6 is 12.4 Å². The maximum atomic E-state index is 3.24. The maximum absolute atomic E-state index is 3.24. The van der Waals surface area contributed by atoms with Gasteiger partial charge in [0.15, 0.2) is 0 Å². The standard InChI is InChI=1S/C12H17N.ClH/c1-9-3-5-10(6-4-9)12-7-11(12)8-13-2;/h3-6,11-13H,7-8H2,1-2H3;1H. The fourth-order valence-electron chi connectivity index (χ4n) is 1.96. The zero-order valence-corrected chi connectivity index (χ0v) is 9.60. The Balaban J connectivity index is 0.000000980. The average Bonchev–Trinajstić information content (AvgIpc) is 2.86. The topological polar surface area (TPSA) is 12.0 Å². The molecule has 1 N–H and O–H groups in total. The number of aryl methyl sites for hydroxylation is 1. The summed E-state index contributed by atoms with van der Waals surface area (Å²) >= 11 is 0. The van der Waals surface area contributed by atoms with Gasteiger partial charge in [0, 0.05) is 0 Å². The number of halogens is 1. The predicted molar refractivity (Wildman–Crippen MR) is 63.2 cm³/mol. The molecule has 0 radical (unpaired) electrons. The fraction of sp³-hybridized carbons (Fsp3) is 0.500. The van der Waals surface area contributed by atoms with Gasteiger partial charge in [-0.2, -0.15) is 0 Å². The Morgan fingerprint density at radius 3 is 2.50 bits per heavy atom. The Morgan fingerprint density at radius 1 is 1.29 bits per heavy atom. The van der Waals surface area contributed by atoms with Crippen LogP contribution in [0.2, 0.25) is 0 Å². The molecule has 1 aromatic rings. The third kappa shape index (κ3) is 2.49. The summed E-state index contributed by atoms with van der Waals surface area (Å²) in [5, 5.41) is 3.24. The molecular weight excluding hydrogens is 194 g/mol.